The zero-order valence-corrected chi connectivity index (χ0v) is 14.8. The van der Waals surface area contributed by atoms with Crippen LogP contribution in [0.5, 0.6) is 0 Å². The van der Waals surface area contributed by atoms with Crippen molar-refractivity contribution in [3.63, 3.8) is 0 Å². The molecule has 1 N–H and O–H groups in total. The molecule has 1 aromatic heterocycles. The monoisotopic (exact) mass is 369 g/mol. The number of aromatic nitrogens is 2. The molecule has 0 saturated heterocycles. The summed E-state index contributed by atoms with van der Waals surface area (Å²) in [6.45, 7) is 1.92. The van der Waals surface area contributed by atoms with Crippen molar-refractivity contribution in [3.8, 4) is 5.69 Å². The second-order valence-corrected chi connectivity index (χ2v) is 7.67. The molecule has 0 bridgehead atoms. The topological polar surface area (TPSA) is 64.0 Å². The van der Waals surface area contributed by atoms with Crippen LogP contribution in [0.3, 0.4) is 0 Å². The maximum absolute atomic E-state index is 13.2. The van der Waals surface area contributed by atoms with Crippen molar-refractivity contribution < 1.29 is 13.4 Å². The Labute approximate surface area is 152 Å². The highest BCUT2D eigenvalue weighted by molar-refractivity contribution is 7.83. The van der Waals surface area contributed by atoms with Crippen molar-refractivity contribution in [2.24, 2.45) is 0 Å². The quantitative estimate of drug-likeness (QED) is 0.770. The van der Waals surface area contributed by atoms with Gasteiger partial charge in [0.2, 0.25) is 0 Å². The van der Waals surface area contributed by atoms with E-state index in [4.69, 9.17) is 0 Å². The lowest BCUT2D eigenvalue weighted by atomic mass is 10.1. The van der Waals surface area contributed by atoms with Crippen LogP contribution in [0.25, 0.3) is 5.69 Å². The molecular formula is C19H16FN3O2S. The van der Waals surface area contributed by atoms with Gasteiger partial charge in [-0.15, -0.1) is 0 Å². The molecule has 7 heteroatoms. The average Bonchev–Trinajstić information content (AvgIpc) is 3.13. The third-order valence-corrected chi connectivity index (χ3v) is 5.46. The first-order valence-electron chi connectivity index (χ1n) is 8.11. The second kappa shape index (κ2) is 6.49. The largest absolute Gasteiger partial charge is 0.306 e. The van der Waals surface area contributed by atoms with Crippen molar-refractivity contribution >= 4 is 22.5 Å². The molecule has 2 aromatic carbocycles. The fourth-order valence-electron chi connectivity index (χ4n) is 2.99. The highest BCUT2D eigenvalue weighted by atomic mass is 32.2. The Morgan fingerprint density at radius 3 is 2.69 bits per heavy atom. The fraction of sp³-hybridized carbons (Fsp3) is 0.158. The summed E-state index contributed by atoms with van der Waals surface area (Å²) in [5.41, 5.74) is 3.62. The number of amides is 1. The molecule has 2 heterocycles. The molecule has 1 aliphatic heterocycles. The minimum absolute atomic E-state index is 0.266. The van der Waals surface area contributed by atoms with E-state index >= 15 is 0 Å². The number of carbonyl (C=O) groups excluding carboxylic acids is 1. The van der Waals surface area contributed by atoms with Crippen LogP contribution in [0.15, 0.2) is 48.5 Å². The van der Waals surface area contributed by atoms with E-state index in [-0.39, 0.29) is 11.7 Å². The smallest absolute Gasteiger partial charge is 0.256 e. The molecule has 1 amide bonds. The summed E-state index contributed by atoms with van der Waals surface area (Å²) in [6, 6.07) is 13.1. The van der Waals surface area contributed by atoms with Crippen LogP contribution in [-0.4, -0.2) is 19.9 Å². The summed E-state index contributed by atoms with van der Waals surface area (Å²) in [6.07, 6.45) is 0. The Kier molecular flexibility index (Phi) is 4.16. The van der Waals surface area contributed by atoms with Crippen molar-refractivity contribution in [1.82, 2.24) is 9.78 Å². The first-order valence-corrected chi connectivity index (χ1v) is 9.60. The second-order valence-electron chi connectivity index (χ2n) is 6.21. The van der Waals surface area contributed by atoms with Gasteiger partial charge in [0.25, 0.3) is 5.91 Å². The number of hydrogen-bond donors (Lipinski definition) is 1. The van der Waals surface area contributed by atoms with Crippen LogP contribution in [-0.2, 0) is 22.3 Å². The van der Waals surface area contributed by atoms with Crippen LogP contribution in [0.2, 0.25) is 0 Å². The first kappa shape index (κ1) is 16.7. The highest BCUT2D eigenvalue weighted by Crippen LogP contribution is 2.31. The van der Waals surface area contributed by atoms with Crippen LogP contribution >= 0.6 is 0 Å². The average molecular weight is 369 g/mol. The zero-order chi connectivity index (χ0) is 18.3. The number of benzene rings is 2. The third-order valence-electron chi connectivity index (χ3n) is 4.25. The first-order chi connectivity index (χ1) is 12.5. The molecule has 1 atom stereocenters. The minimum atomic E-state index is -1.02. The summed E-state index contributed by atoms with van der Waals surface area (Å²) in [4.78, 5) is 12.7. The van der Waals surface area contributed by atoms with Crippen molar-refractivity contribution in [2.45, 2.75) is 18.4 Å². The number of nitrogens with zero attached hydrogens (tertiary/aromatic N) is 2. The summed E-state index contributed by atoms with van der Waals surface area (Å²) in [5, 5.41) is 7.39. The van der Waals surface area contributed by atoms with Crippen molar-refractivity contribution in [2.75, 3.05) is 5.32 Å². The van der Waals surface area contributed by atoms with Gasteiger partial charge in [0.15, 0.2) is 0 Å². The maximum atomic E-state index is 13.2. The fourth-order valence-corrected chi connectivity index (χ4v) is 4.26. The Balaban J connectivity index is 1.75. The molecule has 26 heavy (non-hydrogen) atoms. The number of anilines is 1. The highest BCUT2D eigenvalue weighted by Gasteiger charge is 2.28. The lowest BCUT2D eigenvalue weighted by molar-refractivity contribution is 0.102. The lowest BCUT2D eigenvalue weighted by Crippen LogP contribution is -2.16. The van der Waals surface area contributed by atoms with Gasteiger partial charge in [0.05, 0.1) is 22.9 Å². The number of nitrogens with one attached hydrogen (secondary N) is 1. The summed E-state index contributed by atoms with van der Waals surface area (Å²) in [5.74, 6) is 0.581. The number of hydrogen-bond acceptors (Lipinski definition) is 3. The Morgan fingerprint density at radius 1 is 1.19 bits per heavy atom. The number of rotatable bonds is 3. The van der Waals surface area contributed by atoms with E-state index in [1.807, 2.05) is 19.1 Å². The molecular weight excluding hydrogens is 353 g/mol. The zero-order valence-electron chi connectivity index (χ0n) is 14.0. The number of halogens is 1. The predicted octanol–water partition coefficient (Wildman–Crippen LogP) is 3.33. The van der Waals surface area contributed by atoms with Gasteiger partial charge in [-0.2, -0.15) is 5.10 Å². The molecule has 0 radical (unpaired) electrons. The van der Waals surface area contributed by atoms with E-state index in [0.29, 0.717) is 34.3 Å². The standard InChI is InChI=1S/C19H16FN3O2S/c1-12-3-2-4-13(9-12)19(24)21-18-16-10-26(25)11-17(16)22-23(18)15-7-5-14(20)6-8-15/h2-9H,10-11H2,1H3,(H,21,24)/t26-/m1/s1. The Hall–Kier alpha value is -2.80. The van der Waals surface area contributed by atoms with E-state index in [1.54, 1.807) is 28.9 Å². The number of carbonyl (C=O) groups is 1. The maximum Gasteiger partial charge on any atom is 0.256 e. The van der Waals surface area contributed by atoms with Crippen LogP contribution in [0.1, 0.15) is 27.2 Å². The van der Waals surface area contributed by atoms with E-state index in [0.717, 1.165) is 11.1 Å². The molecule has 0 spiro atoms. The molecule has 3 aromatic rings. The number of aryl methyl sites for hydroxylation is 1. The summed E-state index contributed by atoms with van der Waals surface area (Å²) < 4.78 is 26.7. The molecule has 0 aliphatic carbocycles. The third kappa shape index (κ3) is 3.06. The van der Waals surface area contributed by atoms with Crippen LogP contribution in [0, 0.1) is 12.7 Å². The van der Waals surface area contributed by atoms with E-state index in [1.165, 1.54) is 12.1 Å². The summed E-state index contributed by atoms with van der Waals surface area (Å²) >= 11 is 0. The van der Waals surface area contributed by atoms with Gasteiger partial charge < -0.3 is 5.32 Å². The van der Waals surface area contributed by atoms with Crippen molar-refractivity contribution in [3.05, 3.63) is 76.7 Å². The Morgan fingerprint density at radius 2 is 1.96 bits per heavy atom. The van der Waals surface area contributed by atoms with Gasteiger partial charge in [-0.3, -0.25) is 9.00 Å². The van der Waals surface area contributed by atoms with Crippen LogP contribution in [0.4, 0.5) is 10.2 Å². The van der Waals surface area contributed by atoms with Gasteiger partial charge in [0, 0.05) is 21.9 Å². The number of fused-ring (bicyclic) bond motifs is 1. The van der Waals surface area contributed by atoms with E-state index < -0.39 is 10.8 Å². The minimum Gasteiger partial charge on any atom is -0.306 e. The van der Waals surface area contributed by atoms with Gasteiger partial charge in [-0.25, -0.2) is 9.07 Å². The lowest BCUT2D eigenvalue weighted by Gasteiger charge is -2.11. The van der Waals surface area contributed by atoms with Gasteiger partial charge in [0.1, 0.15) is 11.6 Å². The predicted molar refractivity (Wildman–Crippen MR) is 98.2 cm³/mol. The summed E-state index contributed by atoms with van der Waals surface area (Å²) in [7, 11) is -1.02. The van der Waals surface area contributed by atoms with E-state index in [2.05, 4.69) is 10.4 Å². The van der Waals surface area contributed by atoms with E-state index in [9.17, 15) is 13.4 Å². The molecule has 0 saturated carbocycles. The normalized spacial score (nSPS) is 15.7. The van der Waals surface area contributed by atoms with Gasteiger partial charge in [-0.1, -0.05) is 17.7 Å². The van der Waals surface area contributed by atoms with Gasteiger partial charge in [-0.05, 0) is 43.3 Å². The molecule has 4 rings (SSSR count). The molecule has 0 fully saturated rings. The molecule has 1 aliphatic rings. The Bertz CT molecular complexity index is 1030. The molecule has 0 unspecified atom stereocenters. The van der Waals surface area contributed by atoms with Crippen LogP contribution < -0.4 is 5.32 Å². The molecule has 132 valence electrons. The van der Waals surface area contributed by atoms with Gasteiger partial charge >= 0.3 is 0 Å². The SMILES string of the molecule is Cc1cccc(C(=O)Nc2c3c(nn2-c2ccc(F)cc2)C[S@](=O)C3)c1. The molecule has 5 nitrogen and oxygen atoms in total. The van der Waals surface area contributed by atoms with Crippen molar-refractivity contribution in [1.29, 1.82) is 0 Å².